The molecule has 0 spiro atoms. The number of aromatic amines is 1. The van der Waals surface area contributed by atoms with Gasteiger partial charge in [0.25, 0.3) is 0 Å². The molecule has 1 amide bonds. The van der Waals surface area contributed by atoms with Crippen molar-refractivity contribution >= 4 is 30.3 Å². The third kappa shape index (κ3) is 13.1. The van der Waals surface area contributed by atoms with E-state index in [0.29, 0.717) is 44.5 Å². The van der Waals surface area contributed by atoms with Gasteiger partial charge in [0.05, 0.1) is 30.9 Å². The molecule has 0 fully saturated rings. The summed E-state index contributed by atoms with van der Waals surface area (Å²) in [6.07, 6.45) is 3.78. The van der Waals surface area contributed by atoms with Crippen LogP contribution in [0.15, 0.2) is 12.5 Å². The number of nitrogens with two attached hydrogens (primary N) is 4. The molecular formula is C20H41N11O3S. The highest BCUT2D eigenvalue weighted by atomic mass is 32.1. The number of rotatable bonds is 20. The van der Waals surface area contributed by atoms with Gasteiger partial charge in [0.1, 0.15) is 12.6 Å². The van der Waals surface area contributed by atoms with Gasteiger partial charge in [-0.2, -0.15) is 0 Å². The fourth-order valence-corrected chi connectivity index (χ4v) is 3.68. The van der Waals surface area contributed by atoms with Gasteiger partial charge >= 0.3 is 0 Å². The van der Waals surface area contributed by atoms with Gasteiger partial charge in [0, 0.05) is 18.3 Å². The van der Waals surface area contributed by atoms with Crippen molar-refractivity contribution in [1.82, 2.24) is 36.0 Å². The first-order valence-electron chi connectivity index (χ1n) is 11.6. The highest BCUT2D eigenvalue weighted by molar-refractivity contribution is 7.78. The van der Waals surface area contributed by atoms with E-state index in [4.69, 9.17) is 22.9 Å². The van der Waals surface area contributed by atoms with Crippen LogP contribution in [0.25, 0.3) is 0 Å². The Morgan fingerprint density at radius 2 is 1.54 bits per heavy atom. The Labute approximate surface area is 211 Å². The fraction of sp³-hybridized carbons (Fsp3) is 0.700. The predicted molar refractivity (Wildman–Crippen MR) is 136 cm³/mol. The van der Waals surface area contributed by atoms with Crippen LogP contribution in [0.3, 0.4) is 0 Å². The van der Waals surface area contributed by atoms with Gasteiger partial charge in [0.2, 0.25) is 5.91 Å². The number of carbonyl (C=O) groups is 3. The minimum atomic E-state index is -0.907. The van der Waals surface area contributed by atoms with Crippen molar-refractivity contribution in [1.29, 1.82) is 0 Å². The van der Waals surface area contributed by atoms with Gasteiger partial charge in [-0.1, -0.05) is 12.8 Å². The molecule has 3 atom stereocenters. The zero-order valence-corrected chi connectivity index (χ0v) is 21.0. The first-order valence-corrected chi connectivity index (χ1v) is 12.0. The van der Waals surface area contributed by atoms with E-state index in [2.05, 4.69) is 48.8 Å². The number of hydrogen-bond donors (Lipinski definition) is 11. The van der Waals surface area contributed by atoms with Crippen LogP contribution in [0.1, 0.15) is 37.8 Å². The van der Waals surface area contributed by atoms with Crippen molar-refractivity contribution in [3.8, 4) is 0 Å². The summed E-state index contributed by atoms with van der Waals surface area (Å²) in [4.78, 5) is 45.6. The number of thiol groups is 1. The van der Waals surface area contributed by atoms with E-state index in [1.54, 1.807) is 13.2 Å². The van der Waals surface area contributed by atoms with Crippen LogP contribution in [0.4, 0.5) is 0 Å². The summed E-state index contributed by atoms with van der Waals surface area (Å²) in [6.45, 7) is 1.06. The topological polar surface area (TPSA) is 244 Å². The number of ketones is 2. The third-order valence-corrected chi connectivity index (χ3v) is 5.65. The van der Waals surface area contributed by atoms with Crippen LogP contribution in [-0.4, -0.2) is 78.3 Å². The summed E-state index contributed by atoms with van der Waals surface area (Å²) >= 11 is 4.03. The Balaban J connectivity index is 2.75. The molecule has 14 nitrogen and oxygen atoms in total. The van der Waals surface area contributed by atoms with Crippen molar-refractivity contribution in [2.75, 3.05) is 20.1 Å². The van der Waals surface area contributed by atoms with Gasteiger partial charge < -0.3 is 38.6 Å². The number of carbonyl (C=O) groups excluding carboxylic acids is 3. The van der Waals surface area contributed by atoms with Crippen LogP contribution in [0, 0.1) is 0 Å². The second-order valence-corrected chi connectivity index (χ2v) is 8.48. The minimum absolute atomic E-state index is 0.176. The lowest BCUT2D eigenvalue weighted by Crippen LogP contribution is -2.51. The van der Waals surface area contributed by atoms with Crippen molar-refractivity contribution in [3.63, 3.8) is 0 Å². The molecule has 200 valence electrons. The second-order valence-electron chi connectivity index (χ2n) is 8.22. The molecule has 14 N–H and O–H groups in total. The average molecular weight is 516 g/mol. The van der Waals surface area contributed by atoms with Gasteiger partial charge in [-0.3, -0.25) is 29.7 Å². The monoisotopic (exact) mass is 515 g/mol. The van der Waals surface area contributed by atoms with Gasteiger partial charge in [-0.25, -0.2) is 4.98 Å². The number of aromatic nitrogens is 2. The lowest BCUT2D eigenvalue weighted by molar-refractivity contribution is -0.132. The quantitative estimate of drug-likeness (QED) is 0.0350. The molecule has 0 aromatic carbocycles. The maximum absolute atomic E-state index is 13.1. The highest BCUT2D eigenvalue weighted by Crippen LogP contribution is 2.08. The molecule has 1 aromatic heterocycles. The second kappa shape index (κ2) is 17.5. The maximum Gasteiger partial charge on any atom is 0.237 e. The predicted octanol–water partition coefficient (Wildman–Crippen LogP) is -3.50. The molecule has 0 bridgehead atoms. The largest absolute Gasteiger partial charge is 0.348 e. The minimum Gasteiger partial charge on any atom is -0.348 e. The van der Waals surface area contributed by atoms with Crippen LogP contribution < -0.4 is 48.9 Å². The molecule has 0 saturated carbocycles. The molecule has 1 heterocycles. The average Bonchev–Trinajstić information content (AvgIpc) is 3.31. The van der Waals surface area contributed by atoms with Crippen LogP contribution in [0.5, 0.6) is 0 Å². The third-order valence-electron chi connectivity index (χ3n) is 5.34. The Morgan fingerprint density at radius 1 is 0.971 bits per heavy atom. The fourth-order valence-electron chi connectivity index (χ4n) is 3.41. The molecule has 35 heavy (non-hydrogen) atoms. The molecule has 0 aliphatic carbocycles. The number of likely N-dealkylation sites (N-methyl/N-ethyl adjacent to an activating group) is 1. The van der Waals surface area contributed by atoms with E-state index >= 15 is 0 Å². The first-order chi connectivity index (χ1) is 16.7. The lowest BCUT2D eigenvalue weighted by atomic mass is 9.97. The summed E-state index contributed by atoms with van der Waals surface area (Å²) in [5.74, 6) is -1.07. The number of imidazole rings is 1. The molecule has 0 aliphatic heterocycles. The molecule has 0 aliphatic rings. The zero-order chi connectivity index (χ0) is 26.2. The van der Waals surface area contributed by atoms with Crippen molar-refractivity contribution < 1.29 is 14.4 Å². The number of H-pyrrole nitrogens is 1. The lowest BCUT2D eigenvalue weighted by Gasteiger charge is -2.22. The Morgan fingerprint density at radius 3 is 2.03 bits per heavy atom. The van der Waals surface area contributed by atoms with Crippen molar-refractivity contribution in [3.05, 3.63) is 18.2 Å². The molecular weight excluding hydrogens is 474 g/mol. The number of nitrogens with one attached hydrogen (secondary N) is 6. The summed E-state index contributed by atoms with van der Waals surface area (Å²) in [7, 11) is 1.66. The summed E-state index contributed by atoms with van der Waals surface area (Å²) in [5, 5.41) is 11.5. The van der Waals surface area contributed by atoms with E-state index in [0.717, 1.165) is 0 Å². The van der Waals surface area contributed by atoms with Crippen LogP contribution in [0.2, 0.25) is 0 Å². The Kier molecular flexibility index (Phi) is 15.5. The van der Waals surface area contributed by atoms with E-state index in [1.165, 1.54) is 6.33 Å². The molecule has 15 heteroatoms. The Bertz CT molecular complexity index is 749. The van der Waals surface area contributed by atoms with E-state index in [9.17, 15) is 14.4 Å². The molecule has 0 radical (unpaired) electrons. The SMILES string of the molecule is CN[C@@H](CCCNC(N)N)C(=O)N[C@@H](Cc1cnc[nH]1)C(=O)CC(=O)[C@H](CCCNC(N)N)NS. The van der Waals surface area contributed by atoms with E-state index < -0.39 is 36.5 Å². The first kappa shape index (κ1) is 31.1. The van der Waals surface area contributed by atoms with Crippen molar-refractivity contribution in [2.24, 2.45) is 22.9 Å². The molecule has 0 saturated heterocycles. The number of Topliss-reactive ketones (excluding diaryl/α,β-unsaturated/α-hetero) is 2. The maximum atomic E-state index is 13.1. The highest BCUT2D eigenvalue weighted by Gasteiger charge is 2.28. The van der Waals surface area contributed by atoms with Gasteiger partial charge in [-0.15, -0.1) is 0 Å². The Hall–Kier alpha value is -1.95. The van der Waals surface area contributed by atoms with Crippen molar-refractivity contribution in [2.45, 2.75) is 69.2 Å². The number of nitrogens with zero attached hydrogens (tertiary/aromatic N) is 1. The molecule has 1 aromatic rings. The van der Waals surface area contributed by atoms with E-state index in [1.807, 2.05) is 0 Å². The molecule has 0 unspecified atom stereocenters. The summed E-state index contributed by atoms with van der Waals surface area (Å²) in [6, 6.07) is -2.07. The summed E-state index contributed by atoms with van der Waals surface area (Å²) in [5.41, 5.74) is 22.5. The normalized spacial score (nSPS) is 14.2. The van der Waals surface area contributed by atoms with Crippen LogP contribution >= 0.6 is 12.8 Å². The number of hydrogen-bond acceptors (Lipinski definition) is 13. The van der Waals surface area contributed by atoms with E-state index in [-0.39, 0.29) is 24.5 Å². The van der Waals surface area contributed by atoms with Gasteiger partial charge in [-0.05, 0) is 45.8 Å². The number of amides is 1. The zero-order valence-electron chi connectivity index (χ0n) is 20.1. The smallest absolute Gasteiger partial charge is 0.237 e. The van der Waals surface area contributed by atoms with Crippen LogP contribution in [-0.2, 0) is 20.8 Å². The van der Waals surface area contributed by atoms with Gasteiger partial charge in [0.15, 0.2) is 11.6 Å². The summed E-state index contributed by atoms with van der Waals surface area (Å²) < 4.78 is 2.65. The molecule has 1 rings (SSSR count). The standard InChI is InChI=1S/C20H41N11O3S/c1-25-14(5-3-7-28-20(23)24)18(34)30-15(8-12-10-26-11-29-12)17(33)9-16(32)13(31-35)4-2-6-27-19(21)22/h10-11,13-15,19-20,25,27-28,31,35H,2-9,21-24H2,1H3,(H,26,29)(H,30,34)/t13-,14-,15-/m0/s1.